The van der Waals surface area contributed by atoms with Crippen molar-refractivity contribution in [3.63, 3.8) is 0 Å². The topological polar surface area (TPSA) is 94.1 Å². The summed E-state index contributed by atoms with van der Waals surface area (Å²) in [4.78, 5) is 33.8. The van der Waals surface area contributed by atoms with Crippen LogP contribution in [0.15, 0.2) is 30.3 Å². The molecule has 0 bridgehead atoms. The first-order chi connectivity index (χ1) is 17.0. The molecule has 1 fully saturated rings. The van der Waals surface area contributed by atoms with Gasteiger partial charge in [0.15, 0.2) is 0 Å². The maximum Gasteiger partial charge on any atom is 0.416 e. The van der Waals surface area contributed by atoms with E-state index in [-0.39, 0.29) is 29.5 Å². The summed E-state index contributed by atoms with van der Waals surface area (Å²) in [5.74, 6) is -2.34. The van der Waals surface area contributed by atoms with E-state index in [4.69, 9.17) is 11.6 Å². The van der Waals surface area contributed by atoms with Crippen molar-refractivity contribution in [3.8, 4) is 0 Å². The summed E-state index contributed by atoms with van der Waals surface area (Å²) >= 11 is 5.82. The molecule has 1 aromatic heterocycles. The Labute approximate surface area is 216 Å². The molecular weight excluding hydrogens is 542 g/mol. The third-order valence-electron chi connectivity index (χ3n) is 5.78. The van der Waals surface area contributed by atoms with E-state index in [0.717, 1.165) is 31.1 Å². The molecule has 37 heavy (non-hydrogen) atoms. The van der Waals surface area contributed by atoms with Crippen LogP contribution in [0, 0.1) is 12.7 Å². The van der Waals surface area contributed by atoms with Crippen molar-refractivity contribution in [3.05, 3.63) is 52.4 Å². The second-order valence-corrected chi connectivity index (χ2v) is 11.3. The zero-order valence-corrected chi connectivity index (χ0v) is 21.8. The van der Waals surface area contributed by atoms with Crippen LogP contribution in [0.2, 0.25) is 5.02 Å². The Morgan fingerprint density at radius 2 is 1.84 bits per heavy atom. The molecule has 9 nitrogen and oxygen atoms in total. The molecule has 1 unspecified atom stereocenters. The number of likely N-dealkylation sites (N-methyl/N-ethyl adjacent to an activating group) is 1. The summed E-state index contributed by atoms with van der Waals surface area (Å²) < 4.78 is 79.5. The minimum absolute atomic E-state index is 0.0452. The average molecular weight is 566 g/mol. The van der Waals surface area contributed by atoms with Gasteiger partial charge in [-0.25, -0.2) is 26.9 Å². The summed E-state index contributed by atoms with van der Waals surface area (Å²) in [7, 11) is 0.248. The second-order valence-electron chi connectivity index (χ2n) is 8.56. The fraction of sp³-hybridized carbons (Fsp3) is 0.409. The van der Waals surface area contributed by atoms with Gasteiger partial charge in [-0.15, -0.1) is 0 Å². The number of aromatic nitrogens is 1. The van der Waals surface area contributed by atoms with Gasteiger partial charge >= 0.3 is 12.2 Å². The number of hydrogen-bond donors (Lipinski definition) is 0. The first kappa shape index (κ1) is 28.6. The monoisotopic (exact) mass is 565 g/mol. The van der Waals surface area contributed by atoms with Crippen molar-refractivity contribution >= 4 is 45.1 Å². The number of urea groups is 1. The summed E-state index contributed by atoms with van der Waals surface area (Å²) in [6.07, 6.45) is -4.74. The zero-order chi connectivity index (χ0) is 27.9. The van der Waals surface area contributed by atoms with E-state index in [1.165, 1.54) is 40.2 Å². The third-order valence-corrected chi connectivity index (χ3v) is 7.88. The summed E-state index contributed by atoms with van der Waals surface area (Å²) in [6.45, 7) is 0.671. The van der Waals surface area contributed by atoms with Gasteiger partial charge in [-0.05, 0) is 37.3 Å². The maximum absolute atomic E-state index is 13.6. The van der Waals surface area contributed by atoms with Crippen LogP contribution in [0.5, 0.6) is 0 Å². The second kappa shape index (κ2) is 10.4. The minimum Gasteiger partial charge on any atom is -0.321 e. The maximum atomic E-state index is 13.6. The Morgan fingerprint density at radius 1 is 1.19 bits per heavy atom. The van der Waals surface area contributed by atoms with E-state index in [0.29, 0.717) is 6.07 Å². The molecule has 0 N–H and O–H groups in total. The lowest BCUT2D eigenvalue weighted by Gasteiger charge is -2.27. The number of aryl methyl sites for hydroxylation is 1. The quantitative estimate of drug-likeness (QED) is 0.480. The van der Waals surface area contributed by atoms with Gasteiger partial charge in [0.2, 0.25) is 10.0 Å². The number of rotatable bonds is 7. The van der Waals surface area contributed by atoms with Gasteiger partial charge in [0.25, 0.3) is 5.91 Å². The lowest BCUT2D eigenvalue weighted by Crippen LogP contribution is -2.47. The largest absolute Gasteiger partial charge is 0.416 e. The number of alkyl halides is 3. The molecule has 1 aliphatic heterocycles. The zero-order valence-electron chi connectivity index (χ0n) is 20.3. The molecule has 2 heterocycles. The van der Waals surface area contributed by atoms with Crippen LogP contribution in [0.25, 0.3) is 0 Å². The summed E-state index contributed by atoms with van der Waals surface area (Å²) in [5, 5.41) is -0.262. The summed E-state index contributed by atoms with van der Waals surface area (Å²) in [6, 6.07) is 2.70. The fourth-order valence-corrected chi connectivity index (χ4v) is 4.67. The van der Waals surface area contributed by atoms with E-state index in [1.807, 2.05) is 0 Å². The number of benzene rings is 1. The van der Waals surface area contributed by atoms with Crippen molar-refractivity contribution < 1.29 is 35.6 Å². The van der Waals surface area contributed by atoms with Gasteiger partial charge in [0, 0.05) is 39.1 Å². The molecule has 0 radical (unpaired) electrons. The minimum atomic E-state index is -4.74. The molecule has 1 saturated heterocycles. The van der Waals surface area contributed by atoms with Crippen LogP contribution in [0.4, 0.5) is 33.9 Å². The van der Waals surface area contributed by atoms with Crippen molar-refractivity contribution in [1.82, 2.24) is 14.2 Å². The number of anilines is 2. The molecule has 1 aliphatic rings. The standard InChI is InChI=1S/C22H24ClF4N5O4S/c1-13-9-14(22(25,26)27)10-19(28-13)32-18(12-31(21(32)34)7-8-37(35,36)29(2)3)20(33)30(4)15-5-6-17(24)16(23)11-15/h5-6,9-11,18H,7-8,12H2,1-4H3. The van der Waals surface area contributed by atoms with Crippen LogP contribution in [-0.4, -0.2) is 80.6 Å². The van der Waals surface area contributed by atoms with E-state index in [1.54, 1.807) is 0 Å². The van der Waals surface area contributed by atoms with Crippen LogP contribution in [-0.2, 0) is 21.0 Å². The van der Waals surface area contributed by atoms with Crippen molar-refractivity contribution in [2.45, 2.75) is 19.1 Å². The van der Waals surface area contributed by atoms with E-state index in [9.17, 15) is 35.6 Å². The Morgan fingerprint density at radius 3 is 2.41 bits per heavy atom. The molecule has 202 valence electrons. The first-order valence-corrected chi connectivity index (χ1v) is 12.8. The third kappa shape index (κ3) is 6.13. The van der Waals surface area contributed by atoms with E-state index >= 15 is 0 Å². The number of carbonyl (C=O) groups is 2. The number of carbonyl (C=O) groups excluding carboxylic acids is 2. The van der Waals surface area contributed by atoms with Gasteiger partial charge in [0.1, 0.15) is 17.7 Å². The smallest absolute Gasteiger partial charge is 0.321 e. The SMILES string of the molecule is Cc1cc(C(F)(F)F)cc(N2C(=O)N(CCS(=O)(=O)N(C)C)CC2C(=O)N(C)c2ccc(F)c(Cl)c2)n1. The molecule has 1 atom stereocenters. The van der Waals surface area contributed by atoms with Gasteiger partial charge < -0.3 is 9.80 Å². The molecular formula is C22H24ClF4N5O4S. The highest BCUT2D eigenvalue weighted by atomic mass is 35.5. The molecule has 3 amide bonds. The Bertz CT molecular complexity index is 1320. The Hall–Kier alpha value is -2.97. The normalized spacial score (nSPS) is 16.6. The van der Waals surface area contributed by atoms with Gasteiger partial charge in [0.05, 0.1) is 22.9 Å². The highest BCUT2D eigenvalue weighted by molar-refractivity contribution is 7.89. The number of nitrogens with zero attached hydrogens (tertiary/aromatic N) is 5. The molecule has 0 saturated carbocycles. The number of amides is 3. The lowest BCUT2D eigenvalue weighted by atomic mass is 10.1. The molecule has 0 spiro atoms. The van der Waals surface area contributed by atoms with Crippen LogP contribution < -0.4 is 9.80 Å². The first-order valence-electron chi connectivity index (χ1n) is 10.8. The number of hydrogen-bond acceptors (Lipinski definition) is 5. The number of pyridine rings is 1. The van der Waals surface area contributed by atoms with Crippen LogP contribution >= 0.6 is 11.6 Å². The Balaban J connectivity index is 2.03. The molecule has 15 heteroatoms. The van der Waals surface area contributed by atoms with Gasteiger partial charge in [-0.3, -0.25) is 9.69 Å². The van der Waals surface area contributed by atoms with Crippen molar-refractivity contribution in [2.75, 3.05) is 49.8 Å². The van der Waals surface area contributed by atoms with E-state index < -0.39 is 57.1 Å². The highest BCUT2D eigenvalue weighted by Gasteiger charge is 2.45. The molecule has 3 rings (SSSR count). The molecule has 0 aliphatic carbocycles. The molecule has 2 aromatic rings. The number of sulfonamides is 1. The fourth-order valence-electron chi connectivity index (χ4n) is 3.68. The Kier molecular flexibility index (Phi) is 8.05. The van der Waals surface area contributed by atoms with Crippen LogP contribution in [0.1, 0.15) is 11.3 Å². The van der Waals surface area contributed by atoms with E-state index in [2.05, 4.69) is 4.98 Å². The lowest BCUT2D eigenvalue weighted by molar-refractivity contribution is -0.137. The summed E-state index contributed by atoms with van der Waals surface area (Å²) in [5.41, 5.74) is -0.942. The predicted octanol–water partition coefficient (Wildman–Crippen LogP) is 3.37. The van der Waals surface area contributed by atoms with Crippen molar-refractivity contribution in [2.24, 2.45) is 0 Å². The average Bonchev–Trinajstić information content (AvgIpc) is 3.13. The predicted molar refractivity (Wildman–Crippen MR) is 130 cm³/mol. The van der Waals surface area contributed by atoms with Gasteiger partial charge in [-0.2, -0.15) is 13.2 Å². The van der Waals surface area contributed by atoms with Crippen molar-refractivity contribution in [1.29, 1.82) is 0 Å². The molecule has 1 aromatic carbocycles. The van der Waals surface area contributed by atoms with Gasteiger partial charge in [-0.1, -0.05) is 11.6 Å². The highest BCUT2D eigenvalue weighted by Crippen LogP contribution is 2.34. The van der Waals surface area contributed by atoms with Crippen LogP contribution in [0.3, 0.4) is 0 Å². The number of halogens is 5.